The Bertz CT molecular complexity index is 227. The van der Waals surface area contributed by atoms with E-state index < -0.39 is 6.36 Å². The van der Waals surface area contributed by atoms with Crippen molar-refractivity contribution in [2.75, 3.05) is 0 Å². The summed E-state index contributed by atoms with van der Waals surface area (Å²) in [6.45, 7) is 0. The van der Waals surface area contributed by atoms with E-state index in [-0.39, 0.29) is 45.8 Å². The normalized spacial score (nSPS) is 9.46. The van der Waals surface area contributed by atoms with Gasteiger partial charge < -0.3 is 21.7 Å². The van der Waals surface area contributed by atoms with E-state index in [0.29, 0.717) is 0 Å². The number of hydrogen-bond acceptors (Lipinski definition) is 1. The van der Waals surface area contributed by atoms with E-state index in [0.717, 1.165) is 0 Å². The Morgan fingerprint density at radius 2 is 1.85 bits per heavy atom. The van der Waals surface area contributed by atoms with Crippen molar-refractivity contribution in [3.05, 3.63) is 30.3 Å². The molecule has 0 heterocycles. The molecular formula is C7H4BrF3MgO. The van der Waals surface area contributed by atoms with Crippen LogP contribution in [-0.4, -0.2) is 29.4 Å². The molecule has 6 heteroatoms. The zero-order valence-corrected chi connectivity index (χ0v) is 9.44. The van der Waals surface area contributed by atoms with Gasteiger partial charge in [-0.15, -0.1) is 25.3 Å². The van der Waals surface area contributed by atoms with E-state index in [2.05, 4.69) is 10.8 Å². The number of benzene rings is 1. The Balaban J connectivity index is 0. The summed E-state index contributed by atoms with van der Waals surface area (Å²) in [5.41, 5.74) is 0. The molecule has 0 saturated heterocycles. The van der Waals surface area contributed by atoms with Gasteiger partial charge in [-0.1, -0.05) is 0 Å². The fourth-order valence-electron chi connectivity index (χ4n) is 0.565. The molecule has 0 N–H and O–H groups in total. The van der Waals surface area contributed by atoms with Crippen molar-refractivity contribution in [1.29, 1.82) is 0 Å². The zero-order valence-electron chi connectivity index (χ0n) is 6.44. The minimum atomic E-state index is -4.63. The number of ether oxygens (including phenoxy) is 1. The summed E-state index contributed by atoms with van der Waals surface area (Å²) in [6.07, 6.45) is -4.63. The van der Waals surface area contributed by atoms with Crippen LogP contribution >= 0.6 is 0 Å². The van der Waals surface area contributed by atoms with Crippen LogP contribution in [0.25, 0.3) is 0 Å². The molecule has 0 unspecified atom stereocenters. The average molecular weight is 265 g/mol. The molecule has 0 aliphatic rings. The second-order valence-corrected chi connectivity index (χ2v) is 1.77. The molecule has 13 heavy (non-hydrogen) atoms. The van der Waals surface area contributed by atoms with Gasteiger partial charge in [-0.25, -0.2) is 0 Å². The van der Waals surface area contributed by atoms with Crippen molar-refractivity contribution in [1.82, 2.24) is 0 Å². The SMILES string of the molecule is FC(F)(F)Oc1[c-]cccc1.[Br-].[Mg+2]. The van der Waals surface area contributed by atoms with Gasteiger partial charge in [-0.05, 0) is 0 Å². The minimum absolute atomic E-state index is 0. The first-order valence-corrected chi connectivity index (χ1v) is 2.80. The third kappa shape index (κ3) is 7.15. The van der Waals surface area contributed by atoms with Crippen LogP contribution in [0.3, 0.4) is 0 Å². The molecule has 1 nitrogen and oxygen atoms in total. The number of halogens is 4. The first-order valence-electron chi connectivity index (χ1n) is 2.80. The predicted octanol–water partition coefficient (Wildman–Crippen LogP) is -0.991. The van der Waals surface area contributed by atoms with Gasteiger partial charge in [-0.2, -0.15) is 18.2 Å². The van der Waals surface area contributed by atoms with Crippen LogP contribution in [0.1, 0.15) is 0 Å². The fraction of sp³-hybridized carbons (Fsp3) is 0.143. The predicted molar refractivity (Wildman–Crippen MR) is 37.7 cm³/mol. The molecule has 0 saturated carbocycles. The molecule has 1 rings (SSSR count). The number of hydrogen-bond donors (Lipinski definition) is 0. The average Bonchev–Trinajstić information content (AvgIpc) is 1.85. The van der Waals surface area contributed by atoms with Crippen molar-refractivity contribution in [3.63, 3.8) is 0 Å². The standard InChI is InChI=1S/C7H4F3O.BrH.Mg/c8-7(9,10)11-6-4-2-1-3-5-6;;/h1-4H;1H;/q-1;;+2/p-1. The summed E-state index contributed by atoms with van der Waals surface area (Å²) in [6, 6.07) is 7.82. The molecule has 0 amide bonds. The molecular weight excluding hydrogens is 261 g/mol. The van der Waals surface area contributed by atoms with Crippen molar-refractivity contribution < 1.29 is 34.9 Å². The maximum atomic E-state index is 11.5. The zero-order chi connectivity index (χ0) is 8.32. The molecule has 0 aromatic heterocycles. The van der Waals surface area contributed by atoms with Gasteiger partial charge in [0.2, 0.25) is 0 Å². The topological polar surface area (TPSA) is 9.23 Å². The van der Waals surface area contributed by atoms with E-state index in [1.54, 1.807) is 6.07 Å². The van der Waals surface area contributed by atoms with E-state index in [4.69, 9.17) is 0 Å². The minimum Gasteiger partial charge on any atom is -1.00 e. The Kier molecular flexibility index (Phi) is 7.76. The van der Waals surface area contributed by atoms with Gasteiger partial charge in [0.15, 0.2) is 0 Å². The molecule has 0 radical (unpaired) electrons. The fourth-order valence-corrected chi connectivity index (χ4v) is 0.565. The van der Waals surface area contributed by atoms with Crippen molar-refractivity contribution >= 4 is 23.1 Å². The quantitative estimate of drug-likeness (QED) is 0.468. The molecule has 0 spiro atoms. The van der Waals surface area contributed by atoms with E-state index in [9.17, 15) is 13.2 Å². The summed E-state index contributed by atoms with van der Waals surface area (Å²) >= 11 is 0. The second kappa shape index (κ2) is 6.50. The Morgan fingerprint density at radius 1 is 1.23 bits per heavy atom. The van der Waals surface area contributed by atoms with Gasteiger partial charge >= 0.3 is 29.4 Å². The van der Waals surface area contributed by atoms with Gasteiger partial charge in [0.05, 0.1) is 0 Å². The van der Waals surface area contributed by atoms with Gasteiger partial charge in [0.1, 0.15) is 0 Å². The monoisotopic (exact) mass is 264 g/mol. The molecule has 0 atom stereocenters. The summed E-state index contributed by atoms with van der Waals surface area (Å²) in [5, 5.41) is 0. The number of rotatable bonds is 1. The van der Waals surface area contributed by atoms with Crippen LogP contribution in [0.5, 0.6) is 5.75 Å². The smallest absolute Gasteiger partial charge is 1.00 e. The van der Waals surface area contributed by atoms with Crippen molar-refractivity contribution in [2.45, 2.75) is 6.36 Å². The van der Waals surface area contributed by atoms with E-state index in [1.165, 1.54) is 18.2 Å². The van der Waals surface area contributed by atoms with Crippen molar-refractivity contribution in [2.24, 2.45) is 0 Å². The molecule has 68 valence electrons. The van der Waals surface area contributed by atoms with Gasteiger partial charge in [0.25, 0.3) is 0 Å². The summed E-state index contributed by atoms with van der Waals surface area (Å²) in [5.74, 6) is -0.319. The summed E-state index contributed by atoms with van der Waals surface area (Å²) in [4.78, 5) is 0. The molecule has 0 fully saturated rings. The first kappa shape index (κ1) is 15.5. The van der Waals surface area contributed by atoms with Crippen LogP contribution in [0.2, 0.25) is 0 Å². The van der Waals surface area contributed by atoms with Crippen LogP contribution in [0.15, 0.2) is 24.3 Å². The second-order valence-electron chi connectivity index (χ2n) is 1.77. The van der Waals surface area contributed by atoms with Crippen molar-refractivity contribution in [3.8, 4) is 5.75 Å². The van der Waals surface area contributed by atoms with Crippen LogP contribution in [0, 0.1) is 6.07 Å². The maximum Gasteiger partial charge on any atom is 2.00 e. The largest absolute Gasteiger partial charge is 2.00 e. The van der Waals surface area contributed by atoms with Gasteiger partial charge in [-0.3, -0.25) is 0 Å². The van der Waals surface area contributed by atoms with Gasteiger partial charge in [0, 0.05) is 5.75 Å². The number of alkyl halides is 3. The third-order valence-corrected chi connectivity index (χ3v) is 0.906. The van der Waals surface area contributed by atoms with Crippen LogP contribution in [-0.2, 0) is 0 Å². The van der Waals surface area contributed by atoms with Crippen LogP contribution in [0.4, 0.5) is 13.2 Å². The molecule has 0 aliphatic heterocycles. The molecule has 0 aliphatic carbocycles. The Morgan fingerprint density at radius 3 is 2.23 bits per heavy atom. The maximum absolute atomic E-state index is 11.5. The third-order valence-electron chi connectivity index (χ3n) is 0.906. The molecule has 1 aromatic rings. The van der Waals surface area contributed by atoms with E-state index >= 15 is 0 Å². The molecule has 0 bridgehead atoms. The molecule has 1 aromatic carbocycles. The van der Waals surface area contributed by atoms with E-state index in [1.807, 2.05) is 0 Å². The first-order chi connectivity index (χ1) is 5.08. The van der Waals surface area contributed by atoms with Crippen LogP contribution < -0.4 is 21.7 Å². The number of para-hydroxylation sites is 1. The Hall–Kier alpha value is 0.0562. The Labute approximate surface area is 100 Å². The summed E-state index contributed by atoms with van der Waals surface area (Å²) in [7, 11) is 0. The summed E-state index contributed by atoms with van der Waals surface area (Å²) < 4.78 is 38.0.